The summed E-state index contributed by atoms with van der Waals surface area (Å²) in [6.07, 6.45) is 1.76. The van der Waals surface area contributed by atoms with Crippen molar-refractivity contribution in [1.82, 2.24) is 4.98 Å². The van der Waals surface area contributed by atoms with Gasteiger partial charge in [-0.15, -0.1) is 0 Å². The standard InChI is InChI=1S/C9H13NO2S/c1-9(3-4-9)7(11)6-5-13-8(10-6)12-2/h5,7,11H,3-4H2,1-2H3. The van der Waals surface area contributed by atoms with Crippen molar-refractivity contribution in [3.8, 4) is 5.19 Å². The van der Waals surface area contributed by atoms with Gasteiger partial charge in [0.1, 0.15) is 6.10 Å². The van der Waals surface area contributed by atoms with Gasteiger partial charge in [-0.3, -0.25) is 0 Å². The maximum atomic E-state index is 9.92. The molecule has 0 radical (unpaired) electrons. The maximum absolute atomic E-state index is 9.92. The molecular formula is C9H13NO2S. The SMILES string of the molecule is COc1nc(C(O)C2(C)CC2)cs1. The third-order valence-electron chi connectivity index (χ3n) is 2.65. The van der Waals surface area contributed by atoms with E-state index in [1.807, 2.05) is 5.38 Å². The molecule has 13 heavy (non-hydrogen) atoms. The number of hydrogen-bond donors (Lipinski definition) is 1. The van der Waals surface area contributed by atoms with Crippen molar-refractivity contribution in [2.24, 2.45) is 5.41 Å². The quantitative estimate of drug-likeness (QED) is 0.809. The van der Waals surface area contributed by atoms with E-state index in [4.69, 9.17) is 4.74 Å². The summed E-state index contributed by atoms with van der Waals surface area (Å²) in [5, 5.41) is 12.4. The monoisotopic (exact) mass is 199 g/mol. The molecular weight excluding hydrogens is 186 g/mol. The summed E-state index contributed by atoms with van der Waals surface area (Å²) in [4.78, 5) is 4.18. The van der Waals surface area contributed by atoms with E-state index < -0.39 is 6.10 Å². The average molecular weight is 199 g/mol. The molecule has 1 saturated carbocycles. The lowest BCUT2D eigenvalue weighted by molar-refractivity contribution is 0.0995. The van der Waals surface area contributed by atoms with Crippen LogP contribution in [0.4, 0.5) is 0 Å². The predicted octanol–water partition coefficient (Wildman–Crippen LogP) is 1.99. The first-order chi connectivity index (χ1) is 6.15. The van der Waals surface area contributed by atoms with E-state index in [9.17, 15) is 5.11 Å². The molecule has 1 aliphatic carbocycles. The summed E-state index contributed by atoms with van der Waals surface area (Å²) >= 11 is 1.43. The van der Waals surface area contributed by atoms with Gasteiger partial charge in [-0.2, -0.15) is 0 Å². The van der Waals surface area contributed by atoms with Gasteiger partial charge in [-0.25, -0.2) is 4.98 Å². The Kier molecular flexibility index (Phi) is 2.04. The highest BCUT2D eigenvalue weighted by atomic mass is 32.1. The first-order valence-corrected chi connectivity index (χ1v) is 5.21. The van der Waals surface area contributed by atoms with E-state index in [1.165, 1.54) is 11.3 Å². The minimum absolute atomic E-state index is 0.0685. The van der Waals surface area contributed by atoms with Gasteiger partial charge in [0.05, 0.1) is 12.8 Å². The van der Waals surface area contributed by atoms with Gasteiger partial charge in [-0.1, -0.05) is 18.3 Å². The Bertz CT molecular complexity index is 306. The van der Waals surface area contributed by atoms with Crippen molar-refractivity contribution in [2.75, 3.05) is 7.11 Å². The van der Waals surface area contributed by atoms with E-state index in [2.05, 4.69) is 11.9 Å². The molecule has 1 aliphatic rings. The van der Waals surface area contributed by atoms with E-state index in [-0.39, 0.29) is 5.41 Å². The van der Waals surface area contributed by atoms with Crippen LogP contribution in [0.5, 0.6) is 5.19 Å². The predicted molar refractivity (Wildman–Crippen MR) is 51.0 cm³/mol. The summed E-state index contributed by atoms with van der Waals surface area (Å²) in [6, 6.07) is 0. The molecule has 1 unspecified atom stereocenters. The van der Waals surface area contributed by atoms with Crippen molar-refractivity contribution >= 4 is 11.3 Å². The van der Waals surface area contributed by atoms with Crippen LogP contribution in [-0.2, 0) is 0 Å². The fraction of sp³-hybridized carbons (Fsp3) is 0.667. The molecule has 0 bridgehead atoms. The number of aromatic nitrogens is 1. The molecule has 0 aliphatic heterocycles. The molecule has 2 rings (SSSR count). The Morgan fingerprint density at radius 2 is 2.38 bits per heavy atom. The summed E-state index contributed by atoms with van der Waals surface area (Å²) in [5.74, 6) is 0. The fourth-order valence-corrected chi connectivity index (χ4v) is 1.97. The number of aliphatic hydroxyl groups excluding tert-OH is 1. The number of aliphatic hydroxyl groups is 1. The molecule has 1 atom stereocenters. The zero-order chi connectivity index (χ0) is 9.47. The van der Waals surface area contributed by atoms with Gasteiger partial charge in [0, 0.05) is 5.38 Å². The lowest BCUT2D eigenvalue weighted by atomic mass is 10.0. The summed E-state index contributed by atoms with van der Waals surface area (Å²) in [7, 11) is 1.59. The summed E-state index contributed by atoms with van der Waals surface area (Å²) < 4.78 is 4.97. The Hall–Kier alpha value is -0.610. The van der Waals surface area contributed by atoms with Gasteiger partial charge in [0.25, 0.3) is 5.19 Å². The number of thiazole rings is 1. The molecule has 72 valence electrons. The van der Waals surface area contributed by atoms with Crippen molar-refractivity contribution in [3.05, 3.63) is 11.1 Å². The van der Waals surface area contributed by atoms with E-state index >= 15 is 0 Å². The molecule has 1 aromatic heterocycles. The van der Waals surface area contributed by atoms with Crippen LogP contribution in [-0.4, -0.2) is 17.2 Å². The van der Waals surface area contributed by atoms with E-state index in [0.717, 1.165) is 18.5 Å². The largest absolute Gasteiger partial charge is 0.473 e. The minimum atomic E-state index is -0.423. The van der Waals surface area contributed by atoms with Crippen LogP contribution in [0.25, 0.3) is 0 Å². The second-order valence-corrected chi connectivity index (χ2v) is 4.62. The molecule has 1 heterocycles. The smallest absolute Gasteiger partial charge is 0.273 e. The van der Waals surface area contributed by atoms with Gasteiger partial charge >= 0.3 is 0 Å². The highest BCUT2D eigenvalue weighted by molar-refractivity contribution is 7.11. The summed E-state index contributed by atoms with van der Waals surface area (Å²) in [6.45, 7) is 2.09. The van der Waals surface area contributed by atoms with E-state index in [0.29, 0.717) is 5.19 Å². The maximum Gasteiger partial charge on any atom is 0.273 e. The number of hydrogen-bond acceptors (Lipinski definition) is 4. The third-order valence-corrected chi connectivity index (χ3v) is 3.47. The zero-order valence-corrected chi connectivity index (χ0v) is 8.60. The van der Waals surface area contributed by atoms with Crippen LogP contribution in [0, 0.1) is 5.41 Å². The highest BCUT2D eigenvalue weighted by Gasteiger charge is 2.45. The average Bonchev–Trinajstić information content (AvgIpc) is 2.71. The number of nitrogens with zero attached hydrogens (tertiary/aromatic N) is 1. The van der Waals surface area contributed by atoms with Crippen molar-refractivity contribution in [1.29, 1.82) is 0 Å². The lowest BCUT2D eigenvalue weighted by Gasteiger charge is -2.14. The van der Waals surface area contributed by atoms with Gasteiger partial charge in [0.2, 0.25) is 0 Å². The first-order valence-electron chi connectivity index (χ1n) is 4.33. The second kappa shape index (κ2) is 2.96. The molecule has 0 amide bonds. The minimum Gasteiger partial charge on any atom is -0.473 e. The Labute approximate surface area is 81.4 Å². The Morgan fingerprint density at radius 3 is 2.85 bits per heavy atom. The Balaban J connectivity index is 2.15. The normalized spacial score (nSPS) is 21.2. The van der Waals surface area contributed by atoms with Gasteiger partial charge < -0.3 is 9.84 Å². The zero-order valence-electron chi connectivity index (χ0n) is 7.78. The van der Waals surface area contributed by atoms with Crippen LogP contribution in [0.15, 0.2) is 5.38 Å². The summed E-state index contributed by atoms with van der Waals surface area (Å²) in [5.41, 5.74) is 0.820. The molecule has 0 aromatic carbocycles. The molecule has 0 spiro atoms. The second-order valence-electron chi connectivity index (χ2n) is 3.80. The number of rotatable bonds is 3. The lowest BCUT2D eigenvalue weighted by Crippen LogP contribution is -2.09. The van der Waals surface area contributed by atoms with Crippen LogP contribution in [0.1, 0.15) is 31.6 Å². The van der Waals surface area contributed by atoms with Gasteiger partial charge in [-0.05, 0) is 18.3 Å². The molecule has 4 heteroatoms. The van der Waals surface area contributed by atoms with Crippen LogP contribution >= 0.6 is 11.3 Å². The van der Waals surface area contributed by atoms with Crippen LogP contribution in [0.3, 0.4) is 0 Å². The molecule has 0 saturated heterocycles. The van der Waals surface area contributed by atoms with Crippen molar-refractivity contribution in [2.45, 2.75) is 25.9 Å². The molecule has 1 aromatic rings. The molecule has 1 N–H and O–H groups in total. The van der Waals surface area contributed by atoms with Crippen molar-refractivity contribution in [3.63, 3.8) is 0 Å². The van der Waals surface area contributed by atoms with Crippen LogP contribution < -0.4 is 4.74 Å². The van der Waals surface area contributed by atoms with Crippen molar-refractivity contribution < 1.29 is 9.84 Å². The number of methoxy groups -OCH3 is 1. The third kappa shape index (κ3) is 1.56. The fourth-order valence-electron chi connectivity index (χ4n) is 1.32. The molecule has 1 fully saturated rings. The topological polar surface area (TPSA) is 42.4 Å². The van der Waals surface area contributed by atoms with Crippen LogP contribution in [0.2, 0.25) is 0 Å². The van der Waals surface area contributed by atoms with Gasteiger partial charge in [0.15, 0.2) is 0 Å². The molecule has 3 nitrogen and oxygen atoms in total. The number of ether oxygens (including phenoxy) is 1. The Morgan fingerprint density at radius 1 is 1.69 bits per heavy atom. The van der Waals surface area contributed by atoms with E-state index in [1.54, 1.807) is 7.11 Å². The first kappa shape index (κ1) is 8.97. The highest BCUT2D eigenvalue weighted by Crippen LogP contribution is 2.54.